The molecule has 3 aromatic rings. The van der Waals surface area contributed by atoms with E-state index in [1.165, 1.54) is 12.8 Å². The Hall–Kier alpha value is -2.54. The second kappa shape index (κ2) is 5.34. The van der Waals surface area contributed by atoms with Gasteiger partial charge in [0.15, 0.2) is 10.8 Å². The molecule has 1 aliphatic rings. The predicted octanol–water partition coefficient (Wildman–Crippen LogP) is 2.73. The molecule has 0 aliphatic heterocycles. The summed E-state index contributed by atoms with van der Waals surface area (Å²) in [5.74, 6) is 0.657. The second-order valence-electron chi connectivity index (χ2n) is 5.18. The van der Waals surface area contributed by atoms with E-state index in [2.05, 4.69) is 25.6 Å². The predicted molar refractivity (Wildman–Crippen MR) is 87.4 cm³/mol. The van der Waals surface area contributed by atoms with Crippen LogP contribution < -0.4 is 10.6 Å². The largest absolute Gasteiger partial charge is 0.472 e. The molecule has 1 aliphatic carbocycles. The Kier molecular flexibility index (Phi) is 3.19. The summed E-state index contributed by atoms with van der Waals surface area (Å²) in [6, 6.07) is 6.06. The van der Waals surface area contributed by atoms with Gasteiger partial charge in [-0.05, 0) is 43.3 Å². The molecular weight excluding hydrogens is 298 g/mol. The normalized spacial score (nSPS) is 14.0. The van der Waals surface area contributed by atoms with Gasteiger partial charge in [-0.15, -0.1) is 0 Å². The number of nitrogens with one attached hydrogen (secondary N) is 2. The molecule has 3 heterocycles. The Balaban J connectivity index is 1.62. The summed E-state index contributed by atoms with van der Waals surface area (Å²) in [6.07, 6.45) is 7.29. The van der Waals surface area contributed by atoms with Crippen LogP contribution in [0.2, 0.25) is 0 Å². The number of rotatable bonds is 3. The van der Waals surface area contributed by atoms with Crippen LogP contribution in [-0.4, -0.2) is 26.1 Å². The molecule has 0 radical (unpaired) electrons. The maximum Gasteiger partial charge on any atom is 0.180 e. The molecule has 0 spiro atoms. The molecule has 22 heavy (non-hydrogen) atoms. The molecule has 0 saturated heterocycles. The van der Waals surface area contributed by atoms with Crippen molar-refractivity contribution in [3.8, 4) is 11.3 Å². The van der Waals surface area contributed by atoms with E-state index in [9.17, 15) is 0 Å². The maximum atomic E-state index is 5.26. The van der Waals surface area contributed by atoms with Crippen LogP contribution in [0.1, 0.15) is 12.8 Å². The minimum absolute atomic E-state index is 0.507. The molecule has 0 bridgehead atoms. The van der Waals surface area contributed by atoms with Crippen LogP contribution >= 0.6 is 12.2 Å². The van der Waals surface area contributed by atoms with Gasteiger partial charge in [0.2, 0.25) is 0 Å². The second-order valence-corrected chi connectivity index (χ2v) is 5.59. The fraction of sp³-hybridized carbons (Fsp3) is 0.200. The summed E-state index contributed by atoms with van der Waals surface area (Å²) >= 11 is 5.26. The Labute approximate surface area is 132 Å². The zero-order valence-corrected chi connectivity index (χ0v) is 12.4. The standard InChI is InChI=1S/C15H13N5OS/c22-15(17-10-1-2-10)20-13-4-3-11-14(19-13)18-12(7-16-11)9-5-6-21-8-9/h3-8,10H,1-2H2,(H2,17,18,19,20,22). The third-order valence-electron chi connectivity index (χ3n) is 3.38. The van der Waals surface area contributed by atoms with E-state index >= 15 is 0 Å². The van der Waals surface area contributed by atoms with E-state index in [1.54, 1.807) is 18.7 Å². The summed E-state index contributed by atoms with van der Waals surface area (Å²) in [5, 5.41) is 6.89. The summed E-state index contributed by atoms with van der Waals surface area (Å²) < 4.78 is 5.07. The number of thiocarbonyl (C=S) groups is 1. The van der Waals surface area contributed by atoms with E-state index in [1.807, 2.05) is 18.2 Å². The summed E-state index contributed by atoms with van der Waals surface area (Å²) in [7, 11) is 0. The van der Waals surface area contributed by atoms with Gasteiger partial charge in [-0.1, -0.05) is 0 Å². The van der Waals surface area contributed by atoms with Crippen molar-refractivity contribution in [3.63, 3.8) is 0 Å². The molecule has 0 aromatic carbocycles. The quantitative estimate of drug-likeness (QED) is 0.720. The van der Waals surface area contributed by atoms with Crippen molar-refractivity contribution in [1.29, 1.82) is 0 Å². The lowest BCUT2D eigenvalue weighted by atomic mass is 10.2. The van der Waals surface area contributed by atoms with Crippen molar-refractivity contribution >= 4 is 34.3 Å². The molecule has 110 valence electrons. The van der Waals surface area contributed by atoms with Crippen molar-refractivity contribution < 1.29 is 4.42 Å². The Morgan fingerprint density at radius 2 is 2.14 bits per heavy atom. The number of furan rings is 1. The van der Waals surface area contributed by atoms with Gasteiger partial charge in [-0.2, -0.15) is 0 Å². The number of hydrogen-bond donors (Lipinski definition) is 2. The van der Waals surface area contributed by atoms with Crippen molar-refractivity contribution in [3.05, 3.63) is 36.9 Å². The van der Waals surface area contributed by atoms with E-state index in [-0.39, 0.29) is 0 Å². The minimum atomic E-state index is 0.507. The number of aromatic nitrogens is 3. The molecule has 0 unspecified atom stereocenters. The monoisotopic (exact) mass is 311 g/mol. The zero-order valence-electron chi connectivity index (χ0n) is 11.6. The molecule has 1 fully saturated rings. The molecule has 0 amide bonds. The van der Waals surface area contributed by atoms with Crippen LogP contribution in [-0.2, 0) is 0 Å². The van der Waals surface area contributed by atoms with Gasteiger partial charge in [-0.3, -0.25) is 4.98 Å². The smallest absolute Gasteiger partial charge is 0.180 e. The Bertz CT molecular complexity index is 829. The molecule has 0 atom stereocenters. The van der Waals surface area contributed by atoms with E-state index < -0.39 is 0 Å². The molecule has 2 N–H and O–H groups in total. The SMILES string of the molecule is S=C(Nc1ccc2ncc(-c3ccoc3)nc2n1)NC1CC1. The molecular formula is C15H13N5OS. The molecule has 1 saturated carbocycles. The summed E-state index contributed by atoms with van der Waals surface area (Å²) in [5.41, 5.74) is 2.90. The first-order valence-electron chi connectivity index (χ1n) is 7.02. The van der Waals surface area contributed by atoms with Gasteiger partial charge in [0.1, 0.15) is 11.3 Å². The molecule has 3 aromatic heterocycles. The highest BCUT2D eigenvalue weighted by Gasteiger charge is 2.21. The molecule has 6 nitrogen and oxygen atoms in total. The van der Waals surface area contributed by atoms with Crippen molar-refractivity contribution in [2.75, 3.05) is 5.32 Å². The lowest BCUT2D eigenvalue weighted by Crippen LogP contribution is -2.30. The van der Waals surface area contributed by atoms with Crippen LogP contribution in [0.15, 0.2) is 41.3 Å². The third-order valence-corrected chi connectivity index (χ3v) is 3.60. The Morgan fingerprint density at radius 3 is 2.91 bits per heavy atom. The minimum Gasteiger partial charge on any atom is -0.472 e. The number of pyridine rings is 1. The number of fused-ring (bicyclic) bond motifs is 1. The van der Waals surface area contributed by atoms with Gasteiger partial charge >= 0.3 is 0 Å². The van der Waals surface area contributed by atoms with Crippen molar-refractivity contribution in [1.82, 2.24) is 20.3 Å². The van der Waals surface area contributed by atoms with Crippen LogP contribution in [0.25, 0.3) is 22.4 Å². The fourth-order valence-corrected chi connectivity index (χ4v) is 2.35. The highest BCUT2D eigenvalue weighted by Crippen LogP contribution is 2.20. The van der Waals surface area contributed by atoms with Gasteiger partial charge in [0, 0.05) is 11.6 Å². The van der Waals surface area contributed by atoms with Gasteiger partial charge in [-0.25, -0.2) is 9.97 Å². The van der Waals surface area contributed by atoms with Crippen molar-refractivity contribution in [2.24, 2.45) is 0 Å². The number of hydrogen-bond acceptors (Lipinski definition) is 5. The van der Waals surface area contributed by atoms with Crippen LogP contribution in [0.3, 0.4) is 0 Å². The molecule has 7 heteroatoms. The first-order chi connectivity index (χ1) is 10.8. The molecule has 4 rings (SSSR count). The first-order valence-corrected chi connectivity index (χ1v) is 7.43. The van der Waals surface area contributed by atoms with E-state index in [4.69, 9.17) is 16.6 Å². The average Bonchev–Trinajstić information content (AvgIpc) is 3.16. The maximum absolute atomic E-state index is 5.26. The highest BCUT2D eigenvalue weighted by atomic mass is 32.1. The highest BCUT2D eigenvalue weighted by molar-refractivity contribution is 7.80. The lowest BCUT2D eigenvalue weighted by molar-refractivity contribution is 0.568. The summed E-state index contributed by atoms with van der Waals surface area (Å²) in [6.45, 7) is 0. The zero-order chi connectivity index (χ0) is 14.9. The topological polar surface area (TPSA) is 75.9 Å². The third kappa shape index (κ3) is 2.75. The van der Waals surface area contributed by atoms with Gasteiger partial charge in [0.25, 0.3) is 0 Å². The van der Waals surface area contributed by atoms with Gasteiger partial charge < -0.3 is 15.1 Å². The lowest BCUT2D eigenvalue weighted by Gasteiger charge is -2.09. The Morgan fingerprint density at radius 1 is 1.23 bits per heavy atom. The van der Waals surface area contributed by atoms with Crippen LogP contribution in [0, 0.1) is 0 Å². The average molecular weight is 311 g/mol. The van der Waals surface area contributed by atoms with E-state index in [0.717, 1.165) is 16.8 Å². The van der Waals surface area contributed by atoms with Crippen LogP contribution in [0.4, 0.5) is 5.82 Å². The fourth-order valence-electron chi connectivity index (χ4n) is 2.08. The first kappa shape index (κ1) is 13.1. The van der Waals surface area contributed by atoms with Crippen LogP contribution in [0.5, 0.6) is 0 Å². The number of anilines is 1. The van der Waals surface area contributed by atoms with E-state index in [0.29, 0.717) is 22.6 Å². The van der Waals surface area contributed by atoms with Crippen molar-refractivity contribution in [2.45, 2.75) is 18.9 Å². The van der Waals surface area contributed by atoms with Gasteiger partial charge in [0.05, 0.1) is 24.4 Å². The number of nitrogens with zero attached hydrogens (tertiary/aromatic N) is 3. The summed E-state index contributed by atoms with van der Waals surface area (Å²) in [4.78, 5) is 13.4.